The first-order chi connectivity index (χ1) is 9.15. The van der Waals surface area contributed by atoms with Gasteiger partial charge >= 0.3 is 0 Å². The summed E-state index contributed by atoms with van der Waals surface area (Å²) in [6, 6.07) is 7.73. The van der Waals surface area contributed by atoms with E-state index < -0.39 is 0 Å². The SMILES string of the molecule is Cc1cccc2sc(NCC(C)N(C)C3CC3)nc12. The van der Waals surface area contributed by atoms with Crippen molar-refractivity contribution in [1.29, 1.82) is 0 Å². The molecule has 0 radical (unpaired) electrons. The minimum Gasteiger partial charge on any atom is -0.360 e. The lowest BCUT2D eigenvalue weighted by Crippen LogP contribution is -2.36. The van der Waals surface area contributed by atoms with Crippen LogP contribution in [0.1, 0.15) is 25.3 Å². The molecule has 1 fully saturated rings. The van der Waals surface area contributed by atoms with Crippen molar-refractivity contribution in [2.75, 3.05) is 18.9 Å². The van der Waals surface area contributed by atoms with Crippen LogP contribution >= 0.6 is 11.3 Å². The van der Waals surface area contributed by atoms with Crippen molar-refractivity contribution in [2.45, 2.75) is 38.8 Å². The number of aromatic nitrogens is 1. The van der Waals surface area contributed by atoms with Crippen LogP contribution in [0, 0.1) is 6.92 Å². The van der Waals surface area contributed by atoms with Crippen molar-refractivity contribution in [3.8, 4) is 0 Å². The summed E-state index contributed by atoms with van der Waals surface area (Å²) in [5.41, 5.74) is 2.39. The Hall–Kier alpha value is -1.13. The first kappa shape index (κ1) is 12.9. The Kier molecular flexibility index (Phi) is 3.46. The quantitative estimate of drug-likeness (QED) is 0.905. The zero-order valence-corrected chi connectivity index (χ0v) is 12.6. The Bertz CT molecular complexity index is 574. The van der Waals surface area contributed by atoms with Gasteiger partial charge in [-0.25, -0.2) is 4.98 Å². The van der Waals surface area contributed by atoms with Gasteiger partial charge in [-0.3, -0.25) is 4.90 Å². The smallest absolute Gasteiger partial charge is 0.183 e. The van der Waals surface area contributed by atoms with Crippen LogP contribution in [-0.4, -0.2) is 35.6 Å². The van der Waals surface area contributed by atoms with E-state index in [1.54, 1.807) is 11.3 Å². The fraction of sp³-hybridized carbons (Fsp3) is 0.533. The Balaban J connectivity index is 1.66. The maximum atomic E-state index is 4.69. The van der Waals surface area contributed by atoms with Crippen molar-refractivity contribution in [3.63, 3.8) is 0 Å². The summed E-state index contributed by atoms with van der Waals surface area (Å²) in [5, 5.41) is 4.53. The molecule has 0 spiro atoms. The van der Waals surface area contributed by atoms with Gasteiger partial charge in [-0.05, 0) is 45.4 Å². The van der Waals surface area contributed by atoms with E-state index in [-0.39, 0.29) is 0 Å². The third kappa shape index (κ3) is 2.74. The summed E-state index contributed by atoms with van der Waals surface area (Å²) < 4.78 is 1.27. The van der Waals surface area contributed by atoms with E-state index in [9.17, 15) is 0 Å². The van der Waals surface area contributed by atoms with Crippen LogP contribution in [-0.2, 0) is 0 Å². The molecule has 3 nitrogen and oxygen atoms in total. The lowest BCUT2D eigenvalue weighted by atomic mass is 10.2. The summed E-state index contributed by atoms with van der Waals surface area (Å²) in [6.07, 6.45) is 2.72. The number of thiazole rings is 1. The summed E-state index contributed by atoms with van der Waals surface area (Å²) in [5.74, 6) is 0. The average Bonchev–Trinajstić information content (AvgIpc) is 3.16. The van der Waals surface area contributed by atoms with E-state index in [2.05, 4.69) is 49.3 Å². The normalized spacial score (nSPS) is 17.1. The van der Waals surface area contributed by atoms with Crippen molar-refractivity contribution >= 4 is 26.7 Å². The van der Waals surface area contributed by atoms with E-state index in [0.717, 1.165) is 23.2 Å². The second kappa shape index (κ2) is 5.10. The standard InChI is InChI=1S/C15H21N3S/c1-10-5-4-6-13-14(10)17-15(19-13)16-9-11(2)18(3)12-7-8-12/h4-6,11-12H,7-9H2,1-3H3,(H,16,17). The number of aryl methyl sites for hydroxylation is 1. The van der Waals surface area contributed by atoms with E-state index in [1.165, 1.54) is 23.1 Å². The highest BCUT2D eigenvalue weighted by Gasteiger charge is 2.28. The number of para-hydroxylation sites is 1. The predicted octanol–water partition coefficient (Wildman–Crippen LogP) is 3.50. The van der Waals surface area contributed by atoms with Gasteiger partial charge in [0.15, 0.2) is 5.13 Å². The highest BCUT2D eigenvalue weighted by Crippen LogP contribution is 2.29. The number of hydrogen-bond donors (Lipinski definition) is 1. The minimum absolute atomic E-state index is 0.556. The van der Waals surface area contributed by atoms with Crippen molar-refractivity contribution in [1.82, 2.24) is 9.88 Å². The molecular formula is C15H21N3S. The van der Waals surface area contributed by atoms with Gasteiger partial charge in [0.1, 0.15) is 0 Å². The Morgan fingerprint density at radius 1 is 1.47 bits per heavy atom. The molecule has 19 heavy (non-hydrogen) atoms. The van der Waals surface area contributed by atoms with E-state index >= 15 is 0 Å². The van der Waals surface area contributed by atoms with Gasteiger partial charge in [-0.1, -0.05) is 23.5 Å². The van der Waals surface area contributed by atoms with Gasteiger partial charge < -0.3 is 5.32 Å². The Labute approximate surface area is 118 Å². The predicted molar refractivity (Wildman–Crippen MR) is 83.1 cm³/mol. The number of likely N-dealkylation sites (N-methyl/N-ethyl adjacent to an activating group) is 1. The van der Waals surface area contributed by atoms with Gasteiger partial charge in [-0.2, -0.15) is 0 Å². The number of fused-ring (bicyclic) bond motifs is 1. The molecule has 1 saturated carbocycles. The van der Waals surface area contributed by atoms with E-state index in [4.69, 9.17) is 4.98 Å². The maximum absolute atomic E-state index is 4.69. The molecule has 1 N–H and O–H groups in total. The zero-order valence-electron chi connectivity index (χ0n) is 11.8. The van der Waals surface area contributed by atoms with Crippen LogP contribution in [0.15, 0.2) is 18.2 Å². The number of anilines is 1. The first-order valence-electron chi connectivity index (χ1n) is 6.97. The topological polar surface area (TPSA) is 28.2 Å². The summed E-state index contributed by atoms with van der Waals surface area (Å²) in [4.78, 5) is 7.17. The van der Waals surface area contributed by atoms with Gasteiger partial charge in [0.05, 0.1) is 10.2 Å². The molecule has 1 atom stereocenters. The fourth-order valence-corrected chi connectivity index (χ4v) is 3.33. The van der Waals surface area contributed by atoms with Gasteiger partial charge in [0, 0.05) is 18.6 Å². The van der Waals surface area contributed by atoms with E-state index in [1.807, 2.05) is 0 Å². The lowest BCUT2D eigenvalue weighted by molar-refractivity contribution is 0.257. The van der Waals surface area contributed by atoms with Crippen LogP contribution in [0.3, 0.4) is 0 Å². The number of hydrogen-bond acceptors (Lipinski definition) is 4. The summed E-state index contributed by atoms with van der Waals surface area (Å²) in [6.45, 7) is 5.37. The van der Waals surface area contributed by atoms with Gasteiger partial charge in [-0.15, -0.1) is 0 Å². The second-order valence-corrected chi connectivity index (χ2v) is 6.60. The average molecular weight is 275 g/mol. The number of nitrogens with zero attached hydrogens (tertiary/aromatic N) is 2. The molecular weight excluding hydrogens is 254 g/mol. The summed E-state index contributed by atoms with van der Waals surface area (Å²) >= 11 is 1.75. The van der Waals surface area contributed by atoms with Crippen LogP contribution < -0.4 is 5.32 Å². The molecule has 1 aliphatic rings. The highest BCUT2D eigenvalue weighted by molar-refractivity contribution is 7.22. The third-order valence-electron chi connectivity index (χ3n) is 3.99. The molecule has 2 aromatic rings. The zero-order chi connectivity index (χ0) is 13.4. The molecule has 0 saturated heterocycles. The molecule has 1 aromatic heterocycles. The minimum atomic E-state index is 0.556. The molecule has 1 unspecified atom stereocenters. The molecule has 102 valence electrons. The number of benzene rings is 1. The van der Waals surface area contributed by atoms with Gasteiger partial charge in [0.2, 0.25) is 0 Å². The maximum Gasteiger partial charge on any atom is 0.183 e. The molecule has 4 heteroatoms. The van der Waals surface area contributed by atoms with Crippen LogP contribution in [0.4, 0.5) is 5.13 Å². The van der Waals surface area contributed by atoms with Crippen LogP contribution in [0.25, 0.3) is 10.2 Å². The molecule has 1 aliphatic carbocycles. The summed E-state index contributed by atoms with van der Waals surface area (Å²) in [7, 11) is 2.23. The third-order valence-corrected chi connectivity index (χ3v) is 4.97. The van der Waals surface area contributed by atoms with Crippen LogP contribution in [0.2, 0.25) is 0 Å². The fourth-order valence-electron chi connectivity index (χ4n) is 2.38. The largest absolute Gasteiger partial charge is 0.360 e. The second-order valence-electron chi connectivity index (χ2n) is 5.57. The number of rotatable bonds is 5. The van der Waals surface area contributed by atoms with Crippen molar-refractivity contribution in [3.05, 3.63) is 23.8 Å². The Morgan fingerprint density at radius 3 is 2.95 bits per heavy atom. The molecule has 0 aliphatic heterocycles. The molecule has 0 amide bonds. The molecule has 0 bridgehead atoms. The van der Waals surface area contributed by atoms with Gasteiger partial charge in [0.25, 0.3) is 0 Å². The molecule has 3 rings (SSSR count). The Morgan fingerprint density at radius 2 is 2.26 bits per heavy atom. The first-order valence-corrected chi connectivity index (χ1v) is 7.79. The van der Waals surface area contributed by atoms with Crippen LogP contribution in [0.5, 0.6) is 0 Å². The molecule has 1 heterocycles. The van der Waals surface area contributed by atoms with E-state index in [0.29, 0.717) is 6.04 Å². The number of nitrogens with one attached hydrogen (secondary N) is 1. The monoisotopic (exact) mass is 275 g/mol. The lowest BCUT2D eigenvalue weighted by Gasteiger charge is -2.24. The molecule has 1 aromatic carbocycles. The van der Waals surface area contributed by atoms with Crippen molar-refractivity contribution in [2.24, 2.45) is 0 Å². The highest BCUT2D eigenvalue weighted by atomic mass is 32.1. The van der Waals surface area contributed by atoms with Crippen molar-refractivity contribution < 1.29 is 0 Å².